The minimum atomic E-state index is -3.78. The van der Waals surface area contributed by atoms with Crippen LogP contribution >= 0.6 is 0 Å². The Morgan fingerprint density at radius 2 is 1.63 bits per heavy atom. The average Bonchev–Trinajstić information content (AvgIpc) is 3.32. The molecule has 2 heterocycles. The van der Waals surface area contributed by atoms with E-state index in [9.17, 15) is 18.0 Å². The molecule has 188 valence electrons. The van der Waals surface area contributed by atoms with Crippen LogP contribution in [-0.4, -0.2) is 58.4 Å². The zero-order valence-electron chi connectivity index (χ0n) is 20.4. The molecule has 0 saturated carbocycles. The van der Waals surface area contributed by atoms with Gasteiger partial charge in [0.1, 0.15) is 5.75 Å². The number of piperidine rings is 1. The van der Waals surface area contributed by atoms with E-state index in [-0.39, 0.29) is 36.1 Å². The summed E-state index contributed by atoms with van der Waals surface area (Å²) in [5.41, 5.74) is 2.11. The van der Waals surface area contributed by atoms with E-state index in [2.05, 4.69) is 0 Å². The van der Waals surface area contributed by atoms with Crippen LogP contribution in [0, 0.1) is 0 Å². The van der Waals surface area contributed by atoms with Gasteiger partial charge in [-0.3, -0.25) is 13.9 Å². The van der Waals surface area contributed by atoms with Crippen molar-refractivity contribution in [2.24, 2.45) is 0 Å². The number of methoxy groups -OCH3 is 1. The number of amides is 2. The number of anilines is 2. The van der Waals surface area contributed by atoms with Gasteiger partial charge in [-0.25, -0.2) is 8.42 Å². The van der Waals surface area contributed by atoms with E-state index in [4.69, 9.17) is 4.74 Å². The summed E-state index contributed by atoms with van der Waals surface area (Å²) in [5.74, 6) is 0.595. The second-order valence-electron chi connectivity index (χ2n) is 8.90. The third-order valence-corrected chi connectivity index (χ3v) is 8.64. The summed E-state index contributed by atoms with van der Waals surface area (Å²) in [6.07, 6.45) is 4.16. The van der Waals surface area contributed by atoms with Crippen molar-refractivity contribution in [3.63, 3.8) is 0 Å². The number of nitrogens with zero attached hydrogens (tertiary/aromatic N) is 3. The van der Waals surface area contributed by atoms with Gasteiger partial charge < -0.3 is 14.5 Å². The van der Waals surface area contributed by atoms with Crippen molar-refractivity contribution >= 4 is 33.2 Å². The molecular formula is C26H33N3O5S. The molecule has 2 aromatic carbocycles. The summed E-state index contributed by atoms with van der Waals surface area (Å²) in [7, 11) is -2.21. The minimum Gasteiger partial charge on any atom is -0.497 e. The molecule has 2 aliphatic rings. The fourth-order valence-electron chi connectivity index (χ4n) is 4.81. The molecule has 0 radical (unpaired) electrons. The lowest BCUT2D eigenvalue weighted by molar-refractivity contribution is -0.133. The second-order valence-corrected chi connectivity index (χ2v) is 10.8. The van der Waals surface area contributed by atoms with E-state index in [0.29, 0.717) is 24.4 Å². The third kappa shape index (κ3) is 5.29. The Labute approximate surface area is 207 Å². The van der Waals surface area contributed by atoms with Gasteiger partial charge in [-0.05, 0) is 80.6 Å². The highest BCUT2D eigenvalue weighted by Crippen LogP contribution is 2.33. The van der Waals surface area contributed by atoms with Crippen molar-refractivity contribution in [1.29, 1.82) is 0 Å². The van der Waals surface area contributed by atoms with Crippen LogP contribution in [-0.2, 0) is 26.0 Å². The first-order valence-corrected chi connectivity index (χ1v) is 13.7. The Hall–Kier alpha value is -3.07. The van der Waals surface area contributed by atoms with E-state index in [0.717, 1.165) is 43.6 Å². The highest BCUT2D eigenvalue weighted by Gasteiger charge is 2.29. The van der Waals surface area contributed by atoms with Gasteiger partial charge >= 0.3 is 0 Å². The quantitative estimate of drug-likeness (QED) is 0.554. The molecule has 2 aliphatic heterocycles. The van der Waals surface area contributed by atoms with E-state index in [1.54, 1.807) is 61.4 Å². The van der Waals surface area contributed by atoms with Gasteiger partial charge in [0.05, 0.1) is 17.7 Å². The molecule has 0 atom stereocenters. The van der Waals surface area contributed by atoms with Crippen LogP contribution in [0.3, 0.4) is 0 Å². The number of likely N-dealkylation sites (tertiary alicyclic amines) is 1. The number of benzene rings is 2. The minimum absolute atomic E-state index is 0.0390. The first-order chi connectivity index (χ1) is 16.8. The van der Waals surface area contributed by atoms with Gasteiger partial charge in [-0.1, -0.05) is 0 Å². The maximum absolute atomic E-state index is 13.4. The van der Waals surface area contributed by atoms with Crippen LogP contribution in [0.5, 0.6) is 5.75 Å². The monoisotopic (exact) mass is 499 g/mol. The lowest BCUT2D eigenvalue weighted by atomic mass is 10.1. The molecule has 9 heteroatoms. The fourth-order valence-corrected chi connectivity index (χ4v) is 6.34. The highest BCUT2D eigenvalue weighted by atomic mass is 32.2. The van der Waals surface area contributed by atoms with Gasteiger partial charge in [0.15, 0.2) is 0 Å². The fraction of sp³-hybridized carbons (Fsp3) is 0.462. The Morgan fingerprint density at radius 1 is 0.943 bits per heavy atom. The van der Waals surface area contributed by atoms with E-state index in [1.807, 2.05) is 4.90 Å². The number of sulfonamides is 1. The maximum Gasteiger partial charge on any atom is 0.264 e. The van der Waals surface area contributed by atoms with Gasteiger partial charge in [-0.15, -0.1) is 0 Å². The molecule has 1 fully saturated rings. The van der Waals surface area contributed by atoms with Crippen molar-refractivity contribution in [3.05, 3.63) is 48.0 Å². The molecule has 0 bridgehead atoms. The number of carbonyl (C=O) groups is 2. The molecule has 0 spiro atoms. The molecule has 1 saturated heterocycles. The predicted molar refractivity (Wildman–Crippen MR) is 135 cm³/mol. The van der Waals surface area contributed by atoms with Gasteiger partial charge in [0.2, 0.25) is 11.8 Å². The topological polar surface area (TPSA) is 87.2 Å². The van der Waals surface area contributed by atoms with Crippen molar-refractivity contribution in [2.75, 3.05) is 42.5 Å². The molecular weight excluding hydrogens is 466 g/mol. The number of fused-ring (bicyclic) bond motifs is 1. The van der Waals surface area contributed by atoms with Crippen molar-refractivity contribution in [2.45, 2.75) is 50.3 Å². The summed E-state index contributed by atoms with van der Waals surface area (Å²) < 4.78 is 33.4. The Balaban J connectivity index is 1.46. The Kier molecular flexibility index (Phi) is 7.64. The van der Waals surface area contributed by atoms with Crippen LogP contribution < -0.4 is 13.9 Å². The van der Waals surface area contributed by atoms with Gasteiger partial charge in [-0.2, -0.15) is 0 Å². The van der Waals surface area contributed by atoms with E-state index in [1.165, 1.54) is 4.31 Å². The zero-order valence-corrected chi connectivity index (χ0v) is 21.2. The zero-order chi connectivity index (χ0) is 25.0. The summed E-state index contributed by atoms with van der Waals surface area (Å²) >= 11 is 0. The molecule has 0 N–H and O–H groups in total. The molecule has 2 amide bonds. The van der Waals surface area contributed by atoms with Crippen LogP contribution in [0.4, 0.5) is 11.4 Å². The van der Waals surface area contributed by atoms with Crippen molar-refractivity contribution in [3.8, 4) is 5.75 Å². The molecule has 0 aliphatic carbocycles. The van der Waals surface area contributed by atoms with Gasteiger partial charge in [0, 0.05) is 44.7 Å². The Bertz CT molecular complexity index is 1170. The summed E-state index contributed by atoms with van der Waals surface area (Å²) in [5, 5.41) is 0. The highest BCUT2D eigenvalue weighted by molar-refractivity contribution is 7.92. The van der Waals surface area contributed by atoms with Gasteiger partial charge in [0.25, 0.3) is 10.0 Å². The number of hydrogen-bond acceptors (Lipinski definition) is 5. The summed E-state index contributed by atoms with van der Waals surface area (Å²) in [6.45, 7) is 4.12. The smallest absolute Gasteiger partial charge is 0.264 e. The Morgan fingerprint density at radius 3 is 2.29 bits per heavy atom. The lowest BCUT2D eigenvalue weighted by Crippen LogP contribution is -2.37. The largest absolute Gasteiger partial charge is 0.497 e. The molecule has 8 nitrogen and oxygen atoms in total. The van der Waals surface area contributed by atoms with E-state index >= 15 is 0 Å². The second kappa shape index (κ2) is 10.7. The number of rotatable bonds is 8. The van der Waals surface area contributed by atoms with E-state index < -0.39 is 10.0 Å². The molecule has 4 rings (SSSR count). The lowest BCUT2D eigenvalue weighted by Gasteiger charge is -2.27. The molecule has 2 aromatic rings. The normalized spacial score (nSPS) is 15.6. The predicted octanol–water partition coefficient (Wildman–Crippen LogP) is 3.59. The molecule has 0 unspecified atom stereocenters. The maximum atomic E-state index is 13.4. The standard InChI is InChI=1S/C26H33N3O5S/c1-3-29(21-7-9-22(34-2)10-8-21)35(32,33)23-11-12-24-20(19-23)15-18-28(24)26(31)14-13-25(30)27-16-5-4-6-17-27/h7-12,19H,3-6,13-18H2,1-2H3. The van der Waals surface area contributed by atoms with Crippen LogP contribution in [0.25, 0.3) is 0 Å². The van der Waals surface area contributed by atoms with Crippen LogP contribution in [0.2, 0.25) is 0 Å². The number of ether oxygens (including phenoxy) is 1. The van der Waals surface area contributed by atoms with Crippen molar-refractivity contribution < 1.29 is 22.7 Å². The number of hydrogen-bond donors (Lipinski definition) is 0. The first-order valence-electron chi connectivity index (χ1n) is 12.2. The third-order valence-electron chi connectivity index (χ3n) is 6.74. The van der Waals surface area contributed by atoms with Crippen LogP contribution in [0.1, 0.15) is 44.6 Å². The SMILES string of the molecule is CCN(c1ccc(OC)cc1)S(=O)(=O)c1ccc2c(c1)CCN2C(=O)CCC(=O)N1CCCCC1. The molecule has 35 heavy (non-hydrogen) atoms. The summed E-state index contributed by atoms with van der Waals surface area (Å²) in [6, 6.07) is 11.8. The number of carbonyl (C=O) groups excluding carboxylic acids is 2. The summed E-state index contributed by atoms with van der Waals surface area (Å²) in [4.78, 5) is 29.1. The first kappa shape index (κ1) is 25.0. The van der Waals surface area contributed by atoms with Crippen molar-refractivity contribution in [1.82, 2.24) is 4.90 Å². The van der Waals surface area contributed by atoms with Crippen LogP contribution in [0.15, 0.2) is 47.4 Å². The molecule has 0 aromatic heterocycles. The average molecular weight is 500 g/mol.